The Kier molecular flexibility index (Phi) is 8.14. The van der Waals surface area contributed by atoms with E-state index in [0.29, 0.717) is 18.7 Å². The van der Waals surface area contributed by atoms with Crippen molar-refractivity contribution in [3.63, 3.8) is 0 Å². The van der Waals surface area contributed by atoms with Crippen molar-refractivity contribution < 1.29 is 23.9 Å². The average Bonchev–Trinajstić information content (AvgIpc) is 3.49. The van der Waals surface area contributed by atoms with Crippen LogP contribution in [0.1, 0.15) is 78.4 Å². The van der Waals surface area contributed by atoms with Gasteiger partial charge in [0.15, 0.2) is 5.82 Å². The van der Waals surface area contributed by atoms with E-state index in [4.69, 9.17) is 14.5 Å². The number of benzene rings is 2. The van der Waals surface area contributed by atoms with Crippen LogP contribution in [-0.2, 0) is 30.3 Å². The first-order chi connectivity index (χ1) is 21.8. The lowest BCUT2D eigenvalue weighted by Gasteiger charge is -2.30. The number of thiophene rings is 1. The van der Waals surface area contributed by atoms with E-state index in [1.165, 1.54) is 16.9 Å². The Bertz CT molecular complexity index is 1900. The van der Waals surface area contributed by atoms with Crippen LogP contribution in [0.5, 0.6) is 0 Å². The minimum absolute atomic E-state index is 0.0385. The maximum Gasteiger partial charge on any atom is 0.326 e. The van der Waals surface area contributed by atoms with E-state index < -0.39 is 17.6 Å². The van der Waals surface area contributed by atoms with Crippen molar-refractivity contribution in [3.8, 4) is 16.1 Å². The zero-order chi connectivity index (χ0) is 32.9. The highest BCUT2D eigenvalue weighted by molar-refractivity contribution is 7.15. The molecule has 0 saturated heterocycles. The summed E-state index contributed by atoms with van der Waals surface area (Å²) in [6.45, 7) is 11.4. The van der Waals surface area contributed by atoms with Crippen LogP contribution in [0.4, 0.5) is 5.69 Å². The van der Waals surface area contributed by atoms with Crippen LogP contribution in [0.15, 0.2) is 47.5 Å². The number of methoxy groups -OCH3 is 1. The Morgan fingerprint density at radius 2 is 1.65 bits per heavy atom. The van der Waals surface area contributed by atoms with Gasteiger partial charge in [-0.25, -0.2) is 0 Å². The summed E-state index contributed by atoms with van der Waals surface area (Å²) in [6, 6.07) is 13.6. The Morgan fingerprint density at radius 3 is 2.35 bits per heavy atom. The molecule has 2 aromatic carbocycles. The highest BCUT2D eigenvalue weighted by Crippen LogP contribution is 2.40. The van der Waals surface area contributed by atoms with Gasteiger partial charge in [-0.2, -0.15) is 0 Å². The molecule has 46 heavy (non-hydrogen) atoms. The van der Waals surface area contributed by atoms with Gasteiger partial charge in [0.05, 0.1) is 19.2 Å². The second-order valence-electron chi connectivity index (χ2n) is 12.7. The Hall–Kier alpha value is -4.64. The molecule has 0 unspecified atom stereocenters. The van der Waals surface area contributed by atoms with Crippen LogP contribution >= 0.6 is 11.3 Å². The number of amides is 1. The van der Waals surface area contributed by atoms with E-state index in [9.17, 15) is 14.4 Å². The first-order valence-corrected chi connectivity index (χ1v) is 16.1. The first kappa shape index (κ1) is 31.3. The molecule has 6 rings (SSSR count). The van der Waals surface area contributed by atoms with Crippen molar-refractivity contribution in [1.82, 2.24) is 14.8 Å². The fourth-order valence-corrected chi connectivity index (χ4v) is 7.19. The molecule has 0 bridgehead atoms. The lowest BCUT2D eigenvalue weighted by molar-refractivity contribution is -0.153. The van der Waals surface area contributed by atoms with Gasteiger partial charge >= 0.3 is 11.9 Å². The molecule has 1 atom stereocenters. The van der Waals surface area contributed by atoms with Gasteiger partial charge in [-0.1, -0.05) is 36.4 Å². The highest BCUT2D eigenvalue weighted by atomic mass is 32.1. The zero-order valence-corrected chi connectivity index (χ0v) is 27.9. The molecule has 0 fully saturated rings. The van der Waals surface area contributed by atoms with Crippen molar-refractivity contribution in [2.75, 3.05) is 18.6 Å². The normalized spacial score (nSPS) is 15.8. The molecule has 2 aromatic heterocycles. The van der Waals surface area contributed by atoms with Crippen LogP contribution in [0, 0.1) is 20.8 Å². The third-order valence-corrected chi connectivity index (χ3v) is 9.50. The molecule has 0 N–H and O–H groups in total. The van der Waals surface area contributed by atoms with Crippen LogP contribution in [-0.4, -0.2) is 57.6 Å². The van der Waals surface area contributed by atoms with Gasteiger partial charge in [-0.05, 0) is 76.3 Å². The zero-order valence-electron chi connectivity index (χ0n) is 27.1. The van der Waals surface area contributed by atoms with Crippen LogP contribution in [0.3, 0.4) is 0 Å². The minimum Gasteiger partial charge on any atom is -0.469 e. The van der Waals surface area contributed by atoms with Crippen molar-refractivity contribution in [2.24, 2.45) is 4.99 Å². The smallest absolute Gasteiger partial charge is 0.326 e. The molecule has 11 heteroatoms. The van der Waals surface area contributed by atoms with Crippen LogP contribution in [0.2, 0.25) is 0 Å². The number of rotatable bonds is 6. The Balaban J connectivity index is 1.38. The molecule has 4 aromatic rings. The molecule has 238 valence electrons. The lowest BCUT2D eigenvalue weighted by atomic mass is 9.94. The van der Waals surface area contributed by atoms with E-state index in [1.807, 2.05) is 74.7 Å². The summed E-state index contributed by atoms with van der Waals surface area (Å²) in [5.41, 5.74) is 6.78. The maximum absolute atomic E-state index is 12.9. The van der Waals surface area contributed by atoms with Gasteiger partial charge in [0.2, 0.25) is 5.91 Å². The van der Waals surface area contributed by atoms with E-state index >= 15 is 0 Å². The number of hydrogen-bond acceptors (Lipinski definition) is 9. The number of anilines is 1. The van der Waals surface area contributed by atoms with E-state index in [1.54, 1.807) is 11.3 Å². The predicted molar refractivity (Wildman–Crippen MR) is 177 cm³/mol. The fourth-order valence-electron chi connectivity index (χ4n) is 5.98. The Labute approximate surface area is 272 Å². The summed E-state index contributed by atoms with van der Waals surface area (Å²) < 4.78 is 12.5. The number of carbonyl (C=O) groups is 3. The summed E-state index contributed by atoms with van der Waals surface area (Å²) in [6.07, 6.45) is 1.01. The van der Waals surface area contributed by atoms with Gasteiger partial charge in [0.25, 0.3) is 0 Å². The third kappa shape index (κ3) is 5.87. The number of carbonyl (C=O) groups excluding carboxylic acids is 3. The van der Waals surface area contributed by atoms with Gasteiger partial charge < -0.3 is 14.4 Å². The van der Waals surface area contributed by atoms with E-state index in [2.05, 4.69) is 24.0 Å². The first-order valence-electron chi connectivity index (χ1n) is 15.3. The molecule has 0 spiro atoms. The lowest BCUT2D eigenvalue weighted by Crippen LogP contribution is -2.41. The molecule has 0 radical (unpaired) electrons. The quantitative estimate of drug-likeness (QED) is 0.238. The molecule has 0 aliphatic carbocycles. The topological polar surface area (TPSA) is 116 Å². The molecule has 1 amide bonds. The number of aromatic nitrogens is 3. The van der Waals surface area contributed by atoms with Crippen molar-refractivity contribution in [2.45, 2.75) is 72.4 Å². The number of hydrogen-bond donors (Lipinski definition) is 0. The highest BCUT2D eigenvalue weighted by Gasteiger charge is 2.33. The second-order valence-corrected chi connectivity index (χ2v) is 13.9. The molecule has 2 aliphatic heterocycles. The minimum atomic E-state index is -0.639. The van der Waals surface area contributed by atoms with Crippen molar-refractivity contribution in [1.29, 1.82) is 0 Å². The standard InChI is InChI=1S/C35H37N5O5S/c1-19-20(2)46-34-31(19)32(36-26(17-29(42)44-7)33-38-37-21(3)40(33)34)24-11-8-22(9-12-24)25-13-10-23-14-15-28(41)39(27(23)16-25)18-30(43)45-35(4,5)6/h8-13,16,26H,14-15,17-18H2,1-7H3/t26-/m0/s1. The molecular weight excluding hydrogens is 602 g/mol. The van der Waals surface area contributed by atoms with Gasteiger partial charge in [-0.3, -0.25) is 23.9 Å². The summed E-state index contributed by atoms with van der Waals surface area (Å²) in [4.78, 5) is 45.9. The van der Waals surface area contributed by atoms with Crippen molar-refractivity contribution >= 4 is 40.6 Å². The molecular formula is C35H37N5O5S. The van der Waals surface area contributed by atoms with Gasteiger partial charge in [0, 0.05) is 28.1 Å². The number of nitrogens with zero attached hydrogens (tertiary/aromatic N) is 5. The van der Waals surface area contributed by atoms with E-state index in [-0.39, 0.29) is 24.8 Å². The number of ether oxygens (including phenoxy) is 2. The number of fused-ring (bicyclic) bond motifs is 4. The Morgan fingerprint density at radius 1 is 0.957 bits per heavy atom. The number of aryl methyl sites for hydroxylation is 3. The largest absolute Gasteiger partial charge is 0.469 e. The fraction of sp³-hybridized carbons (Fsp3) is 0.371. The monoisotopic (exact) mass is 639 g/mol. The number of esters is 2. The molecule has 2 aliphatic rings. The SMILES string of the molecule is COC(=O)C[C@@H]1N=C(c2ccc(-c3ccc4c(c3)N(CC(=O)OC(C)(C)C)C(=O)CC4)cc2)c2c(sc(C)c2C)-n2c(C)nnc21. The molecule has 10 nitrogen and oxygen atoms in total. The molecule has 4 heterocycles. The van der Waals surface area contributed by atoms with Gasteiger partial charge in [-0.15, -0.1) is 21.5 Å². The van der Waals surface area contributed by atoms with Gasteiger partial charge in [0.1, 0.15) is 29.0 Å². The summed E-state index contributed by atoms with van der Waals surface area (Å²) in [7, 11) is 1.37. The van der Waals surface area contributed by atoms with E-state index in [0.717, 1.165) is 55.6 Å². The summed E-state index contributed by atoms with van der Waals surface area (Å²) in [5, 5.41) is 9.74. The maximum atomic E-state index is 12.9. The summed E-state index contributed by atoms with van der Waals surface area (Å²) >= 11 is 1.66. The van der Waals surface area contributed by atoms with Crippen LogP contribution in [0.25, 0.3) is 16.1 Å². The number of aliphatic imine (C=N–C) groups is 1. The summed E-state index contributed by atoms with van der Waals surface area (Å²) in [5.74, 6) is 0.425. The average molecular weight is 640 g/mol. The second kappa shape index (κ2) is 11.9. The third-order valence-electron chi connectivity index (χ3n) is 8.31. The van der Waals surface area contributed by atoms with Crippen molar-refractivity contribution in [3.05, 3.63) is 81.2 Å². The molecule has 0 saturated carbocycles. The predicted octanol–water partition coefficient (Wildman–Crippen LogP) is 6.00. The van der Waals surface area contributed by atoms with Crippen LogP contribution < -0.4 is 4.90 Å².